The van der Waals surface area contributed by atoms with Crippen LogP contribution in [-0.2, 0) is 4.74 Å². The number of nitrogens with zero attached hydrogens (tertiary/aromatic N) is 4. The first-order chi connectivity index (χ1) is 11.1. The Labute approximate surface area is 145 Å². The van der Waals surface area contributed by atoms with Crippen molar-refractivity contribution in [2.24, 2.45) is 5.92 Å². The summed E-state index contributed by atoms with van der Waals surface area (Å²) in [5.74, 6) is 2.22. The largest absolute Gasteiger partial charge is 0.444 e. The van der Waals surface area contributed by atoms with Gasteiger partial charge >= 0.3 is 6.09 Å². The standard InChI is InChI=1S/C18H30N4O2/c1-13-10-16(20-14(2)19-13)22-9-7-8-15(12-22)11-21(6)17(23)24-18(3,4)5/h10,15H,7-9,11-12H2,1-6H3. The van der Waals surface area contributed by atoms with Crippen LogP contribution in [0.15, 0.2) is 6.07 Å². The second-order valence-electron chi connectivity index (χ2n) is 7.73. The van der Waals surface area contributed by atoms with Gasteiger partial charge in [0.25, 0.3) is 0 Å². The Kier molecular flexibility index (Phi) is 5.67. The molecule has 1 atom stereocenters. The maximum Gasteiger partial charge on any atom is 0.410 e. The molecule has 1 aromatic heterocycles. The number of aryl methyl sites for hydroxylation is 2. The molecule has 1 amide bonds. The summed E-state index contributed by atoms with van der Waals surface area (Å²) in [4.78, 5) is 25.0. The SMILES string of the molecule is Cc1cc(N2CCCC(CN(C)C(=O)OC(C)(C)C)C2)nc(C)n1. The highest BCUT2D eigenvalue weighted by atomic mass is 16.6. The lowest BCUT2D eigenvalue weighted by Crippen LogP contribution is -2.43. The molecule has 1 saturated heterocycles. The smallest absolute Gasteiger partial charge is 0.410 e. The van der Waals surface area contributed by atoms with Gasteiger partial charge in [-0.2, -0.15) is 0 Å². The molecule has 1 unspecified atom stereocenters. The molecule has 6 nitrogen and oxygen atoms in total. The van der Waals surface area contributed by atoms with E-state index in [9.17, 15) is 4.79 Å². The van der Waals surface area contributed by atoms with Gasteiger partial charge in [-0.3, -0.25) is 0 Å². The van der Waals surface area contributed by atoms with Crippen molar-refractivity contribution >= 4 is 11.9 Å². The fraction of sp³-hybridized carbons (Fsp3) is 0.722. The molecule has 2 rings (SSSR count). The van der Waals surface area contributed by atoms with E-state index in [4.69, 9.17) is 4.74 Å². The van der Waals surface area contributed by atoms with Crippen LogP contribution in [0.5, 0.6) is 0 Å². The first-order valence-corrected chi connectivity index (χ1v) is 8.65. The van der Waals surface area contributed by atoms with Crippen LogP contribution in [0.3, 0.4) is 0 Å². The Morgan fingerprint density at radius 1 is 1.38 bits per heavy atom. The molecular formula is C18H30N4O2. The van der Waals surface area contributed by atoms with E-state index in [-0.39, 0.29) is 6.09 Å². The van der Waals surface area contributed by atoms with Crippen LogP contribution in [0, 0.1) is 19.8 Å². The van der Waals surface area contributed by atoms with Crippen molar-refractivity contribution in [1.29, 1.82) is 0 Å². The summed E-state index contributed by atoms with van der Waals surface area (Å²) in [7, 11) is 1.81. The van der Waals surface area contributed by atoms with Gasteiger partial charge in [-0.25, -0.2) is 14.8 Å². The van der Waals surface area contributed by atoms with Crippen LogP contribution in [0.4, 0.5) is 10.6 Å². The Morgan fingerprint density at radius 2 is 2.08 bits per heavy atom. The molecule has 24 heavy (non-hydrogen) atoms. The van der Waals surface area contributed by atoms with Crippen LogP contribution in [0.1, 0.15) is 45.1 Å². The summed E-state index contributed by atoms with van der Waals surface area (Å²) < 4.78 is 5.44. The van der Waals surface area contributed by atoms with Crippen molar-refractivity contribution in [2.75, 3.05) is 31.6 Å². The van der Waals surface area contributed by atoms with E-state index in [1.54, 1.807) is 4.90 Å². The zero-order chi connectivity index (χ0) is 17.9. The molecule has 0 bridgehead atoms. The molecule has 0 aromatic carbocycles. The summed E-state index contributed by atoms with van der Waals surface area (Å²) >= 11 is 0. The average molecular weight is 334 g/mol. The molecule has 1 fully saturated rings. The fourth-order valence-corrected chi connectivity index (χ4v) is 3.08. The van der Waals surface area contributed by atoms with Gasteiger partial charge in [-0.1, -0.05) is 0 Å². The summed E-state index contributed by atoms with van der Waals surface area (Å²) in [6, 6.07) is 2.03. The molecule has 134 valence electrons. The molecule has 6 heteroatoms. The second-order valence-corrected chi connectivity index (χ2v) is 7.73. The Hall–Kier alpha value is -1.85. The molecule has 0 radical (unpaired) electrons. The van der Waals surface area contributed by atoms with Crippen molar-refractivity contribution in [1.82, 2.24) is 14.9 Å². The highest BCUT2D eigenvalue weighted by Gasteiger charge is 2.26. The minimum Gasteiger partial charge on any atom is -0.444 e. The van der Waals surface area contributed by atoms with Gasteiger partial charge in [0.1, 0.15) is 17.2 Å². The van der Waals surface area contributed by atoms with Crippen LogP contribution < -0.4 is 4.90 Å². The second kappa shape index (κ2) is 7.36. The van der Waals surface area contributed by atoms with Crippen LogP contribution >= 0.6 is 0 Å². The molecule has 1 aliphatic heterocycles. The third-order valence-corrected chi connectivity index (χ3v) is 4.03. The quantitative estimate of drug-likeness (QED) is 0.850. The Morgan fingerprint density at radius 3 is 2.71 bits per heavy atom. The number of amides is 1. The van der Waals surface area contributed by atoms with E-state index in [1.807, 2.05) is 47.7 Å². The first kappa shape index (κ1) is 18.5. The van der Waals surface area contributed by atoms with E-state index in [0.29, 0.717) is 12.5 Å². The molecule has 0 spiro atoms. The minimum atomic E-state index is -0.458. The third-order valence-electron chi connectivity index (χ3n) is 4.03. The topological polar surface area (TPSA) is 58.6 Å². The summed E-state index contributed by atoms with van der Waals surface area (Å²) in [5, 5.41) is 0. The lowest BCUT2D eigenvalue weighted by molar-refractivity contribution is 0.0269. The zero-order valence-electron chi connectivity index (χ0n) is 15.8. The summed E-state index contributed by atoms with van der Waals surface area (Å²) in [6.07, 6.45) is 1.97. The van der Waals surface area contributed by atoms with Gasteiger partial charge in [-0.05, 0) is 53.4 Å². The molecule has 1 aliphatic rings. The van der Waals surface area contributed by atoms with Gasteiger partial charge in [0.2, 0.25) is 0 Å². The van der Waals surface area contributed by atoms with Gasteiger partial charge in [-0.15, -0.1) is 0 Å². The summed E-state index contributed by atoms with van der Waals surface area (Å²) in [6.45, 7) is 12.2. The number of ether oxygens (including phenoxy) is 1. The Balaban J connectivity index is 1.96. The molecule has 2 heterocycles. The lowest BCUT2D eigenvalue weighted by Gasteiger charge is -2.35. The molecule has 0 N–H and O–H groups in total. The maximum atomic E-state index is 12.1. The number of carbonyl (C=O) groups excluding carboxylic acids is 1. The molecule has 1 aromatic rings. The van der Waals surface area contributed by atoms with Crippen LogP contribution in [-0.4, -0.2) is 53.2 Å². The van der Waals surface area contributed by atoms with E-state index in [2.05, 4.69) is 14.9 Å². The number of rotatable bonds is 3. The van der Waals surface area contributed by atoms with E-state index >= 15 is 0 Å². The number of piperidine rings is 1. The third kappa shape index (κ3) is 5.35. The predicted molar refractivity (Wildman–Crippen MR) is 95.3 cm³/mol. The van der Waals surface area contributed by atoms with Crippen molar-refractivity contribution < 1.29 is 9.53 Å². The monoisotopic (exact) mass is 334 g/mol. The average Bonchev–Trinajstić information content (AvgIpc) is 2.44. The number of aromatic nitrogens is 2. The number of carbonyl (C=O) groups is 1. The van der Waals surface area contributed by atoms with Gasteiger partial charge in [0, 0.05) is 38.4 Å². The van der Waals surface area contributed by atoms with Crippen LogP contribution in [0.25, 0.3) is 0 Å². The molecular weight excluding hydrogens is 304 g/mol. The normalized spacial score (nSPS) is 18.4. The molecule has 0 saturated carbocycles. The van der Waals surface area contributed by atoms with Gasteiger partial charge < -0.3 is 14.5 Å². The number of hydrogen-bond donors (Lipinski definition) is 0. The van der Waals surface area contributed by atoms with E-state index in [1.165, 1.54) is 0 Å². The lowest BCUT2D eigenvalue weighted by atomic mass is 9.97. The van der Waals surface area contributed by atoms with E-state index < -0.39 is 5.60 Å². The predicted octanol–water partition coefficient (Wildman–Crippen LogP) is 3.18. The summed E-state index contributed by atoms with van der Waals surface area (Å²) in [5.41, 5.74) is 0.533. The highest BCUT2D eigenvalue weighted by molar-refractivity contribution is 5.67. The molecule has 0 aliphatic carbocycles. The number of anilines is 1. The zero-order valence-corrected chi connectivity index (χ0v) is 15.8. The van der Waals surface area contributed by atoms with Crippen molar-refractivity contribution in [3.05, 3.63) is 17.6 Å². The van der Waals surface area contributed by atoms with E-state index in [0.717, 1.165) is 43.3 Å². The van der Waals surface area contributed by atoms with Crippen molar-refractivity contribution in [3.63, 3.8) is 0 Å². The van der Waals surface area contributed by atoms with Crippen LogP contribution in [0.2, 0.25) is 0 Å². The Bertz CT molecular complexity index is 563. The van der Waals surface area contributed by atoms with Crippen molar-refractivity contribution in [2.45, 2.75) is 53.1 Å². The van der Waals surface area contributed by atoms with Gasteiger partial charge in [0.05, 0.1) is 0 Å². The first-order valence-electron chi connectivity index (χ1n) is 8.65. The fourth-order valence-electron chi connectivity index (χ4n) is 3.08. The number of hydrogen-bond acceptors (Lipinski definition) is 5. The minimum absolute atomic E-state index is 0.256. The van der Waals surface area contributed by atoms with Crippen molar-refractivity contribution in [3.8, 4) is 0 Å². The maximum absolute atomic E-state index is 12.1. The highest BCUT2D eigenvalue weighted by Crippen LogP contribution is 2.23. The van der Waals surface area contributed by atoms with Gasteiger partial charge in [0.15, 0.2) is 0 Å².